The monoisotopic (exact) mass is 432 g/mol. The zero-order chi connectivity index (χ0) is 22.5. The van der Waals surface area contributed by atoms with Crippen molar-refractivity contribution in [3.63, 3.8) is 0 Å². The molecule has 0 aliphatic heterocycles. The molecule has 0 aliphatic rings. The molecule has 0 spiro atoms. The molecule has 0 bridgehead atoms. The van der Waals surface area contributed by atoms with Crippen LogP contribution in [0.5, 0.6) is 0 Å². The lowest BCUT2D eigenvalue weighted by molar-refractivity contribution is -0.140. The zero-order valence-electron chi connectivity index (χ0n) is 18.0. The van der Waals surface area contributed by atoms with E-state index in [-0.39, 0.29) is 16.4 Å². The predicted molar refractivity (Wildman–Crippen MR) is 114 cm³/mol. The second-order valence-corrected chi connectivity index (χ2v) is 10.2. The highest BCUT2D eigenvalue weighted by Gasteiger charge is 2.27. The molecule has 2 rings (SSSR count). The van der Waals surface area contributed by atoms with E-state index in [4.69, 9.17) is 4.74 Å². The van der Waals surface area contributed by atoms with Crippen LogP contribution in [0.15, 0.2) is 59.5 Å². The molecule has 0 radical (unpaired) electrons. The van der Waals surface area contributed by atoms with E-state index in [0.29, 0.717) is 6.54 Å². The Hall–Kier alpha value is -2.71. The summed E-state index contributed by atoms with van der Waals surface area (Å²) in [6, 6.07) is 15.1. The first-order valence-corrected chi connectivity index (χ1v) is 10.9. The van der Waals surface area contributed by atoms with E-state index in [0.717, 1.165) is 9.87 Å². The van der Waals surface area contributed by atoms with Gasteiger partial charge in [-0.15, -0.1) is 0 Å². The van der Waals surface area contributed by atoms with Crippen LogP contribution in [0.3, 0.4) is 0 Å². The van der Waals surface area contributed by atoms with Crippen LogP contribution in [0.2, 0.25) is 0 Å². The molecule has 0 saturated heterocycles. The van der Waals surface area contributed by atoms with Crippen molar-refractivity contribution in [2.24, 2.45) is 0 Å². The minimum absolute atomic E-state index is 0.0197. The maximum atomic E-state index is 12.8. The van der Waals surface area contributed by atoms with Crippen LogP contribution in [0.4, 0.5) is 0 Å². The van der Waals surface area contributed by atoms with Gasteiger partial charge in [-0.25, -0.2) is 17.5 Å². The zero-order valence-corrected chi connectivity index (χ0v) is 18.8. The summed E-state index contributed by atoms with van der Waals surface area (Å²) in [5.74, 6) is -1.09. The smallest absolute Gasteiger partial charge is 0.338 e. The molecule has 0 unspecified atom stereocenters. The molecule has 0 aromatic heterocycles. The number of rotatable bonds is 7. The molecule has 1 amide bonds. The molecular formula is C22H28N2O5S. The van der Waals surface area contributed by atoms with Gasteiger partial charge in [0.15, 0.2) is 6.61 Å². The second-order valence-electron chi connectivity index (χ2n) is 8.03. The van der Waals surface area contributed by atoms with Gasteiger partial charge in [-0.1, -0.05) is 36.4 Å². The van der Waals surface area contributed by atoms with Crippen LogP contribution < -0.4 is 0 Å². The number of hydrogen-bond donors (Lipinski definition) is 0. The number of amides is 1. The lowest BCUT2D eigenvalue weighted by Gasteiger charge is -2.35. The third-order valence-electron chi connectivity index (χ3n) is 4.47. The molecule has 7 nitrogen and oxygen atoms in total. The average molecular weight is 433 g/mol. The van der Waals surface area contributed by atoms with Gasteiger partial charge in [0.2, 0.25) is 10.0 Å². The fraction of sp³-hybridized carbons (Fsp3) is 0.364. The number of sulfonamides is 1. The van der Waals surface area contributed by atoms with Gasteiger partial charge >= 0.3 is 5.97 Å². The highest BCUT2D eigenvalue weighted by atomic mass is 32.2. The van der Waals surface area contributed by atoms with Crippen molar-refractivity contribution in [3.05, 3.63) is 65.7 Å². The number of esters is 1. The van der Waals surface area contributed by atoms with Gasteiger partial charge in [0.1, 0.15) is 0 Å². The molecule has 8 heteroatoms. The predicted octanol–water partition coefficient (Wildman–Crippen LogP) is 2.92. The standard InChI is InChI=1S/C22H28N2O5S/c1-22(2,3)24(15-17-10-7-6-8-11-17)20(25)16-29-21(26)18-12-9-13-19(14-18)30(27,28)23(4)5/h6-14H,15-16H2,1-5H3. The SMILES string of the molecule is CN(C)S(=O)(=O)c1cccc(C(=O)OCC(=O)N(Cc2ccccc2)C(C)(C)C)c1. The first-order valence-electron chi connectivity index (χ1n) is 9.47. The maximum absolute atomic E-state index is 12.8. The van der Waals surface area contributed by atoms with Gasteiger partial charge in [-0.05, 0) is 44.5 Å². The van der Waals surface area contributed by atoms with Crippen molar-refractivity contribution in [2.45, 2.75) is 37.8 Å². The molecule has 0 aliphatic carbocycles. The van der Waals surface area contributed by atoms with Crippen LogP contribution in [0.25, 0.3) is 0 Å². The van der Waals surface area contributed by atoms with E-state index in [1.165, 1.54) is 38.4 Å². The van der Waals surface area contributed by atoms with Crippen LogP contribution in [0.1, 0.15) is 36.7 Å². The summed E-state index contributed by atoms with van der Waals surface area (Å²) in [4.78, 5) is 26.8. The molecule has 0 atom stereocenters. The summed E-state index contributed by atoms with van der Waals surface area (Å²) >= 11 is 0. The van der Waals surface area contributed by atoms with Crippen molar-refractivity contribution in [3.8, 4) is 0 Å². The number of carbonyl (C=O) groups is 2. The number of hydrogen-bond acceptors (Lipinski definition) is 5. The third kappa shape index (κ3) is 5.90. The molecule has 0 heterocycles. The largest absolute Gasteiger partial charge is 0.452 e. The highest BCUT2D eigenvalue weighted by molar-refractivity contribution is 7.89. The quantitative estimate of drug-likeness (QED) is 0.628. The third-order valence-corrected chi connectivity index (χ3v) is 6.28. The summed E-state index contributed by atoms with van der Waals surface area (Å²) in [5.41, 5.74) is 0.559. The molecule has 0 N–H and O–H groups in total. The molecule has 0 saturated carbocycles. The lowest BCUT2D eigenvalue weighted by atomic mass is 10.0. The van der Waals surface area contributed by atoms with Gasteiger partial charge in [0, 0.05) is 26.2 Å². The van der Waals surface area contributed by atoms with Crippen LogP contribution >= 0.6 is 0 Å². The summed E-state index contributed by atoms with van der Waals surface area (Å²) in [6.07, 6.45) is 0. The Labute approximate surface area is 178 Å². The summed E-state index contributed by atoms with van der Waals surface area (Å²) < 4.78 is 30.8. The van der Waals surface area contributed by atoms with E-state index in [9.17, 15) is 18.0 Å². The summed E-state index contributed by atoms with van der Waals surface area (Å²) in [7, 11) is -0.862. The molecule has 2 aromatic rings. The first-order chi connectivity index (χ1) is 13.9. The van der Waals surface area contributed by atoms with Crippen molar-refractivity contribution in [1.82, 2.24) is 9.21 Å². The number of carbonyl (C=O) groups excluding carboxylic acids is 2. The van der Waals surface area contributed by atoms with Crippen LogP contribution in [-0.4, -0.2) is 55.7 Å². The van der Waals surface area contributed by atoms with Crippen molar-refractivity contribution in [2.75, 3.05) is 20.7 Å². The Morgan fingerprint density at radius 3 is 2.17 bits per heavy atom. The molecule has 0 fully saturated rings. The summed E-state index contributed by atoms with van der Waals surface area (Å²) in [5, 5.41) is 0. The van der Waals surface area contributed by atoms with Crippen molar-refractivity contribution in [1.29, 1.82) is 0 Å². The minimum Gasteiger partial charge on any atom is -0.452 e. The van der Waals surface area contributed by atoms with E-state index in [2.05, 4.69) is 0 Å². The first kappa shape index (κ1) is 23.6. The van der Waals surface area contributed by atoms with Gasteiger partial charge < -0.3 is 9.64 Å². The van der Waals surface area contributed by atoms with Crippen molar-refractivity contribution >= 4 is 21.9 Å². The Morgan fingerprint density at radius 2 is 1.60 bits per heavy atom. The number of ether oxygens (including phenoxy) is 1. The van der Waals surface area contributed by atoms with E-state index < -0.39 is 28.1 Å². The van der Waals surface area contributed by atoms with Gasteiger partial charge in [0.05, 0.1) is 10.5 Å². The Balaban J connectivity index is 2.11. The molecule has 162 valence electrons. The van der Waals surface area contributed by atoms with Crippen LogP contribution in [-0.2, 0) is 26.1 Å². The van der Waals surface area contributed by atoms with E-state index in [1.807, 2.05) is 51.1 Å². The normalized spacial score (nSPS) is 11.9. The fourth-order valence-electron chi connectivity index (χ4n) is 2.75. The second kappa shape index (κ2) is 9.40. The van der Waals surface area contributed by atoms with Gasteiger partial charge in [-0.2, -0.15) is 0 Å². The van der Waals surface area contributed by atoms with E-state index >= 15 is 0 Å². The average Bonchev–Trinajstić information content (AvgIpc) is 2.69. The molecular weight excluding hydrogens is 404 g/mol. The maximum Gasteiger partial charge on any atom is 0.338 e. The van der Waals surface area contributed by atoms with E-state index in [1.54, 1.807) is 4.90 Å². The Kier molecular flexibility index (Phi) is 7.39. The molecule has 2 aromatic carbocycles. The number of benzene rings is 2. The lowest BCUT2D eigenvalue weighted by Crippen LogP contribution is -2.46. The molecule has 30 heavy (non-hydrogen) atoms. The fourth-order valence-corrected chi connectivity index (χ4v) is 3.70. The van der Waals surface area contributed by atoms with Crippen LogP contribution in [0, 0.1) is 0 Å². The Bertz CT molecular complexity index is 996. The minimum atomic E-state index is -3.68. The topological polar surface area (TPSA) is 84.0 Å². The number of nitrogens with zero attached hydrogens (tertiary/aromatic N) is 2. The summed E-state index contributed by atoms with van der Waals surface area (Å²) in [6.45, 7) is 5.67. The van der Waals surface area contributed by atoms with Gasteiger partial charge in [-0.3, -0.25) is 4.79 Å². The van der Waals surface area contributed by atoms with Crippen molar-refractivity contribution < 1.29 is 22.7 Å². The van der Waals surface area contributed by atoms with Gasteiger partial charge in [0.25, 0.3) is 5.91 Å². The Morgan fingerprint density at radius 1 is 0.967 bits per heavy atom. The highest BCUT2D eigenvalue weighted by Crippen LogP contribution is 2.19.